The number of sulfonamides is 1. The Bertz CT molecular complexity index is 1160. The molecule has 4 rings (SSSR count). The lowest BCUT2D eigenvalue weighted by atomic mass is 10.1. The van der Waals surface area contributed by atoms with Crippen LogP contribution >= 0.6 is 15.9 Å². The number of anilines is 1. The Hall–Kier alpha value is -2.68. The number of rotatable bonds is 7. The molecule has 1 saturated heterocycles. The van der Waals surface area contributed by atoms with E-state index in [0.717, 1.165) is 15.7 Å². The maximum atomic E-state index is 13.5. The Kier molecular flexibility index (Phi) is 7.47. The zero-order chi connectivity index (χ0) is 23.3. The van der Waals surface area contributed by atoms with Crippen LogP contribution in [-0.2, 0) is 21.2 Å². The van der Waals surface area contributed by atoms with Gasteiger partial charge in [-0.2, -0.15) is 4.72 Å². The third-order valence-electron chi connectivity index (χ3n) is 5.71. The number of benzene rings is 3. The minimum absolute atomic E-state index is 0.130. The molecule has 0 aromatic heterocycles. The largest absolute Gasteiger partial charge is 0.368 e. The van der Waals surface area contributed by atoms with Crippen molar-refractivity contribution in [2.75, 3.05) is 31.1 Å². The molecular formula is C25H26BrN3O3S. The second-order valence-electron chi connectivity index (χ2n) is 7.97. The van der Waals surface area contributed by atoms with Crippen LogP contribution in [0.3, 0.4) is 0 Å². The fourth-order valence-electron chi connectivity index (χ4n) is 3.94. The van der Waals surface area contributed by atoms with Gasteiger partial charge in [-0.15, -0.1) is 0 Å². The van der Waals surface area contributed by atoms with Gasteiger partial charge in [-0.3, -0.25) is 4.79 Å². The summed E-state index contributed by atoms with van der Waals surface area (Å²) in [5.74, 6) is -0.202. The second-order valence-corrected chi connectivity index (χ2v) is 10.6. The molecule has 1 aliphatic heterocycles. The molecule has 0 aliphatic carbocycles. The first-order valence-corrected chi connectivity index (χ1v) is 13.1. The predicted molar refractivity (Wildman–Crippen MR) is 134 cm³/mol. The van der Waals surface area contributed by atoms with Crippen molar-refractivity contribution < 1.29 is 13.2 Å². The van der Waals surface area contributed by atoms with E-state index in [1.54, 1.807) is 17.0 Å². The van der Waals surface area contributed by atoms with Crippen molar-refractivity contribution in [3.63, 3.8) is 0 Å². The van der Waals surface area contributed by atoms with Crippen LogP contribution in [0, 0.1) is 0 Å². The number of hydrogen-bond donors (Lipinski definition) is 1. The van der Waals surface area contributed by atoms with E-state index in [9.17, 15) is 13.2 Å². The predicted octanol–water partition coefficient (Wildman–Crippen LogP) is 3.69. The van der Waals surface area contributed by atoms with Gasteiger partial charge in [-0.25, -0.2) is 8.42 Å². The summed E-state index contributed by atoms with van der Waals surface area (Å²) in [6.07, 6.45) is 0.286. The monoisotopic (exact) mass is 527 g/mol. The average molecular weight is 528 g/mol. The van der Waals surface area contributed by atoms with E-state index in [2.05, 4.69) is 37.7 Å². The van der Waals surface area contributed by atoms with Crippen molar-refractivity contribution in [2.45, 2.75) is 17.4 Å². The van der Waals surface area contributed by atoms with Gasteiger partial charge in [-0.1, -0.05) is 64.5 Å². The van der Waals surface area contributed by atoms with E-state index in [1.807, 2.05) is 48.5 Å². The number of para-hydroxylation sites is 1. The first kappa shape index (κ1) is 23.5. The molecule has 3 aromatic carbocycles. The standard InChI is InChI=1S/C25H26BrN3O3S/c26-21-11-13-23(14-12-21)33(31,32)27-24(19-20-7-3-1-4-8-20)25(30)29-17-15-28(16-18-29)22-9-5-2-6-10-22/h1-14,24,27H,15-19H2/t24-/m0/s1. The number of halogens is 1. The molecule has 1 amide bonds. The first-order valence-electron chi connectivity index (χ1n) is 10.8. The van der Waals surface area contributed by atoms with E-state index in [0.29, 0.717) is 26.2 Å². The number of carbonyl (C=O) groups is 1. The van der Waals surface area contributed by atoms with E-state index in [1.165, 1.54) is 12.1 Å². The van der Waals surface area contributed by atoms with Gasteiger partial charge in [0.25, 0.3) is 0 Å². The van der Waals surface area contributed by atoms with Crippen molar-refractivity contribution in [1.82, 2.24) is 9.62 Å². The van der Waals surface area contributed by atoms with Crippen molar-refractivity contribution in [3.8, 4) is 0 Å². The molecule has 3 aromatic rings. The fraction of sp³-hybridized carbons (Fsp3) is 0.240. The van der Waals surface area contributed by atoms with E-state index < -0.39 is 16.1 Å². The number of piperazine rings is 1. The fourth-order valence-corrected chi connectivity index (χ4v) is 5.40. The minimum Gasteiger partial charge on any atom is -0.368 e. The highest BCUT2D eigenvalue weighted by Crippen LogP contribution is 2.19. The first-order chi connectivity index (χ1) is 15.9. The van der Waals surface area contributed by atoms with Crippen LogP contribution in [0.5, 0.6) is 0 Å². The van der Waals surface area contributed by atoms with Crippen molar-refractivity contribution in [3.05, 3.63) is 95.0 Å². The molecule has 1 fully saturated rings. The highest BCUT2D eigenvalue weighted by molar-refractivity contribution is 9.10. The summed E-state index contributed by atoms with van der Waals surface area (Å²) in [7, 11) is -3.86. The zero-order valence-electron chi connectivity index (χ0n) is 18.1. The van der Waals surface area contributed by atoms with Gasteiger partial charge in [0.1, 0.15) is 6.04 Å². The number of carbonyl (C=O) groups excluding carboxylic acids is 1. The van der Waals surface area contributed by atoms with Gasteiger partial charge in [0.15, 0.2) is 0 Å². The summed E-state index contributed by atoms with van der Waals surface area (Å²) in [5.41, 5.74) is 2.03. The molecule has 0 bridgehead atoms. The van der Waals surface area contributed by atoms with Gasteiger partial charge in [0.05, 0.1) is 4.90 Å². The Morgan fingerprint density at radius 2 is 1.42 bits per heavy atom. The van der Waals surface area contributed by atoms with Crippen LogP contribution in [0.25, 0.3) is 0 Å². The minimum atomic E-state index is -3.86. The highest BCUT2D eigenvalue weighted by atomic mass is 79.9. The lowest BCUT2D eigenvalue weighted by Crippen LogP contribution is -2.55. The molecule has 1 N–H and O–H groups in total. The lowest BCUT2D eigenvalue weighted by molar-refractivity contribution is -0.133. The van der Waals surface area contributed by atoms with E-state index in [4.69, 9.17) is 0 Å². The van der Waals surface area contributed by atoms with Crippen LogP contribution < -0.4 is 9.62 Å². The van der Waals surface area contributed by atoms with Crippen molar-refractivity contribution in [1.29, 1.82) is 0 Å². The molecule has 172 valence electrons. The molecule has 0 spiro atoms. The maximum Gasteiger partial charge on any atom is 0.241 e. The Morgan fingerprint density at radius 1 is 0.848 bits per heavy atom. The highest BCUT2D eigenvalue weighted by Gasteiger charge is 2.31. The average Bonchev–Trinajstić information content (AvgIpc) is 2.85. The van der Waals surface area contributed by atoms with E-state index in [-0.39, 0.29) is 17.2 Å². The van der Waals surface area contributed by atoms with Crippen molar-refractivity contribution >= 4 is 37.5 Å². The van der Waals surface area contributed by atoms with Crippen molar-refractivity contribution in [2.24, 2.45) is 0 Å². The number of nitrogens with one attached hydrogen (secondary N) is 1. The summed E-state index contributed by atoms with van der Waals surface area (Å²) < 4.78 is 29.6. The summed E-state index contributed by atoms with van der Waals surface area (Å²) in [5, 5.41) is 0. The molecule has 0 unspecified atom stereocenters. The smallest absolute Gasteiger partial charge is 0.241 e. The van der Waals surface area contributed by atoms with Crippen LogP contribution in [0.15, 0.2) is 94.3 Å². The molecule has 8 heteroatoms. The Balaban J connectivity index is 1.50. The molecule has 0 radical (unpaired) electrons. The summed E-state index contributed by atoms with van der Waals surface area (Å²) in [6, 6.07) is 25.1. The molecule has 1 aliphatic rings. The SMILES string of the molecule is O=C([C@H](Cc1ccccc1)NS(=O)(=O)c1ccc(Br)cc1)N1CCN(c2ccccc2)CC1. The van der Waals surface area contributed by atoms with Crippen LogP contribution in [0.1, 0.15) is 5.56 Å². The Labute approximate surface area is 203 Å². The van der Waals surface area contributed by atoms with Crippen LogP contribution in [0.4, 0.5) is 5.69 Å². The maximum absolute atomic E-state index is 13.5. The quantitative estimate of drug-likeness (QED) is 0.508. The normalized spacial score (nSPS) is 15.3. The molecule has 1 heterocycles. The number of nitrogens with zero attached hydrogens (tertiary/aromatic N) is 2. The summed E-state index contributed by atoms with van der Waals surface area (Å²) >= 11 is 3.32. The molecule has 33 heavy (non-hydrogen) atoms. The molecule has 6 nitrogen and oxygen atoms in total. The van der Waals surface area contributed by atoms with Gasteiger partial charge >= 0.3 is 0 Å². The molecule has 0 saturated carbocycles. The van der Waals surface area contributed by atoms with Gasteiger partial charge < -0.3 is 9.80 Å². The second kappa shape index (κ2) is 10.5. The molecule has 1 atom stereocenters. The third kappa shape index (κ3) is 6.01. The molecular weight excluding hydrogens is 502 g/mol. The lowest BCUT2D eigenvalue weighted by Gasteiger charge is -2.37. The van der Waals surface area contributed by atoms with Crippen LogP contribution in [0.2, 0.25) is 0 Å². The van der Waals surface area contributed by atoms with E-state index >= 15 is 0 Å². The number of amides is 1. The summed E-state index contributed by atoms with van der Waals surface area (Å²) in [6.45, 7) is 2.48. The third-order valence-corrected chi connectivity index (χ3v) is 7.73. The van der Waals surface area contributed by atoms with Gasteiger partial charge in [0.2, 0.25) is 15.9 Å². The summed E-state index contributed by atoms with van der Waals surface area (Å²) in [4.78, 5) is 17.6. The zero-order valence-corrected chi connectivity index (χ0v) is 20.5. The van der Waals surface area contributed by atoms with Crippen LogP contribution in [-0.4, -0.2) is 51.4 Å². The number of hydrogen-bond acceptors (Lipinski definition) is 4. The van der Waals surface area contributed by atoms with Gasteiger partial charge in [-0.05, 0) is 48.4 Å². The topological polar surface area (TPSA) is 69.7 Å². The van der Waals surface area contributed by atoms with Gasteiger partial charge in [0, 0.05) is 36.3 Å². The Morgan fingerprint density at radius 3 is 2.03 bits per heavy atom.